The van der Waals surface area contributed by atoms with Crippen molar-refractivity contribution < 1.29 is 14.6 Å². The molecule has 0 aromatic heterocycles. The van der Waals surface area contributed by atoms with Crippen LogP contribution in [0, 0.1) is 0 Å². The van der Waals surface area contributed by atoms with E-state index in [0.29, 0.717) is 13.1 Å². The number of aliphatic hydroxyl groups excluding tert-OH is 1. The van der Waals surface area contributed by atoms with E-state index in [1.807, 2.05) is 12.1 Å². The molecule has 0 spiro atoms. The minimum atomic E-state index is -0.336. The first kappa shape index (κ1) is 11.7. The number of ether oxygens (including phenoxy) is 2. The lowest BCUT2D eigenvalue weighted by Crippen LogP contribution is -2.23. The highest BCUT2D eigenvalue weighted by Gasteiger charge is 2.17. The summed E-state index contributed by atoms with van der Waals surface area (Å²) in [4.78, 5) is 0. The van der Waals surface area contributed by atoms with Gasteiger partial charge in [0.1, 0.15) is 0 Å². The van der Waals surface area contributed by atoms with Gasteiger partial charge >= 0.3 is 0 Å². The smallest absolute Gasteiger partial charge is 0.231 e. The van der Waals surface area contributed by atoms with Gasteiger partial charge in [0.05, 0.1) is 10.6 Å². The van der Waals surface area contributed by atoms with Crippen molar-refractivity contribution in [3.05, 3.63) is 22.2 Å². The lowest BCUT2D eigenvalue weighted by molar-refractivity contribution is 0.173. The third-order valence-electron chi connectivity index (χ3n) is 2.26. The summed E-state index contributed by atoms with van der Waals surface area (Å²) in [6, 6.07) is 3.94. The Morgan fingerprint density at radius 3 is 3.06 bits per heavy atom. The molecular weight excluding hydrogens is 274 g/mol. The second-order valence-corrected chi connectivity index (χ2v) is 4.65. The number of halogens is 1. The molecule has 1 aromatic carbocycles. The van der Waals surface area contributed by atoms with Crippen molar-refractivity contribution in [3.63, 3.8) is 0 Å². The monoisotopic (exact) mass is 287 g/mol. The highest BCUT2D eigenvalue weighted by atomic mass is 79.9. The van der Waals surface area contributed by atoms with Gasteiger partial charge in [-0.05, 0) is 40.5 Å². The summed E-state index contributed by atoms with van der Waals surface area (Å²) in [5.41, 5.74) is 1.09. The zero-order valence-corrected chi connectivity index (χ0v) is 10.6. The second-order valence-electron chi connectivity index (χ2n) is 3.79. The molecular formula is C11H14BrNO3. The van der Waals surface area contributed by atoms with Gasteiger partial charge in [-0.15, -0.1) is 0 Å². The fourth-order valence-electron chi connectivity index (χ4n) is 1.55. The maximum absolute atomic E-state index is 9.12. The molecule has 1 heterocycles. The van der Waals surface area contributed by atoms with Crippen LogP contribution in [0.5, 0.6) is 11.5 Å². The molecule has 0 saturated heterocycles. The fourth-order valence-corrected chi connectivity index (χ4v) is 2.15. The van der Waals surface area contributed by atoms with Crippen molar-refractivity contribution in [1.82, 2.24) is 5.32 Å². The van der Waals surface area contributed by atoms with Crippen LogP contribution < -0.4 is 14.8 Å². The Labute approximate surface area is 103 Å². The van der Waals surface area contributed by atoms with E-state index in [1.54, 1.807) is 6.92 Å². The SMILES string of the molecule is CC(O)CNCc1cc(Br)c2c(c1)OCO2. The van der Waals surface area contributed by atoms with Gasteiger partial charge in [-0.25, -0.2) is 0 Å². The van der Waals surface area contributed by atoms with E-state index in [4.69, 9.17) is 14.6 Å². The summed E-state index contributed by atoms with van der Waals surface area (Å²) in [7, 11) is 0. The van der Waals surface area contributed by atoms with Crippen LogP contribution in [0.3, 0.4) is 0 Å². The predicted molar refractivity (Wildman–Crippen MR) is 63.7 cm³/mol. The first-order chi connectivity index (χ1) is 7.66. The first-order valence-electron chi connectivity index (χ1n) is 5.13. The van der Waals surface area contributed by atoms with Crippen LogP contribution in [-0.4, -0.2) is 24.5 Å². The number of rotatable bonds is 4. The molecule has 88 valence electrons. The maximum atomic E-state index is 9.12. The Bertz CT molecular complexity index is 382. The maximum Gasteiger partial charge on any atom is 0.231 e. The third kappa shape index (κ3) is 2.66. The van der Waals surface area contributed by atoms with Crippen LogP contribution in [0.2, 0.25) is 0 Å². The molecule has 0 radical (unpaired) electrons. The molecule has 2 rings (SSSR count). The van der Waals surface area contributed by atoms with E-state index >= 15 is 0 Å². The minimum Gasteiger partial charge on any atom is -0.454 e. The molecule has 0 bridgehead atoms. The number of nitrogens with one attached hydrogen (secondary N) is 1. The molecule has 1 aromatic rings. The Morgan fingerprint density at radius 1 is 1.50 bits per heavy atom. The van der Waals surface area contributed by atoms with Crippen LogP contribution in [0.4, 0.5) is 0 Å². The molecule has 4 nitrogen and oxygen atoms in total. The average molecular weight is 288 g/mol. The van der Waals surface area contributed by atoms with E-state index in [0.717, 1.165) is 21.5 Å². The highest BCUT2D eigenvalue weighted by Crippen LogP contribution is 2.39. The molecule has 1 atom stereocenters. The Morgan fingerprint density at radius 2 is 2.31 bits per heavy atom. The lowest BCUT2D eigenvalue weighted by atomic mass is 10.2. The molecule has 5 heteroatoms. The number of hydrogen-bond donors (Lipinski definition) is 2. The van der Waals surface area contributed by atoms with Crippen LogP contribution in [-0.2, 0) is 6.54 Å². The summed E-state index contributed by atoms with van der Waals surface area (Å²) in [5, 5.41) is 12.3. The van der Waals surface area contributed by atoms with Crippen LogP contribution in [0.1, 0.15) is 12.5 Å². The van der Waals surface area contributed by atoms with Crippen LogP contribution in [0.15, 0.2) is 16.6 Å². The number of fused-ring (bicyclic) bond motifs is 1. The molecule has 0 fully saturated rings. The summed E-state index contributed by atoms with van der Waals surface area (Å²) >= 11 is 3.44. The molecule has 1 unspecified atom stereocenters. The zero-order chi connectivity index (χ0) is 11.5. The van der Waals surface area contributed by atoms with Gasteiger partial charge in [0.2, 0.25) is 6.79 Å². The molecule has 0 aliphatic carbocycles. The number of aliphatic hydroxyl groups is 1. The van der Waals surface area contributed by atoms with Crippen LogP contribution >= 0.6 is 15.9 Å². The molecule has 1 aliphatic rings. The van der Waals surface area contributed by atoms with E-state index < -0.39 is 0 Å². The van der Waals surface area contributed by atoms with Gasteiger partial charge in [-0.2, -0.15) is 0 Å². The van der Waals surface area contributed by atoms with E-state index in [-0.39, 0.29) is 12.9 Å². The van der Waals surface area contributed by atoms with E-state index in [9.17, 15) is 0 Å². The Hall–Kier alpha value is -0.780. The van der Waals surface area contributed by atoms with Gasteiger partial charge in [-0.1, -0.05) is 0 Å². The average Bonchev–Trinajstić information content (AvgIpc) is 2.65. The number of benzene rings is 1. The Balaban J connectivity index is 2.03. The van der Waals surface area contributed by atoms with Gasteiger partial charge < -0.3 is 19.9 Å². The molecule has 0 saturated carbocycles. The van der Waals surface area contributed by atoms with Crippen molar-refractivity contribution in [3.8, 4) is 11.5 Å². The fraction of sp³-hybridized carbons (Fsp3) is 0.455. The highest BCUT2D eigenvalue weighted by molar-refractivity contribution is 9.10. The number of hydrogen-bond acceptors (Lipinski definition) is 4. The van der Waals surface area contributed by atoms with Gasteiger partial charge in [0, 0.05) is 13.1 Å². The van der Waals surface area contributed by atoms with Gasteiger partial charge in [-0.3, -0.25) is 0 Å². The van der Waals surface area contributed by atoms with Crippen molar-refractivity contribution in [2.24, 2.45) is 0 Å². The Kier molecular flexibility index (Phi) is 3.68. The first-order valence-corrected chi connectivity index (χ1v) is 5.93. The van der Waals surface area contributed by atoms with Crippen molar-refractivity contribution in [1.29, 1.82) is 0 Å². The quantitative estimate of drug-likeness (QED) is 0.884. The van der Waals surface area contributed by atoms with Gasteiger partial charge in [0.15, 0.2) is 11.5 Å². The van der Waals surface area contributed by atoms with Crippen LogP contribution in [0.25, 0.3) is 0 Å². The minimum absolute atomic E-state index is 0.276. The van der Waals surface area contributed by atoms with Crippen molar-refractivity contribution in [2.75, 3.05) is 13.3 Å². The van der Waals surface area contributed by atoms with Crippen molar-refractivity contribution >= 4 is 15.9 Å². The normalized spacial score (nSPS) is 15.2. The molecule has 0 amide bonds. The second kappa shape index (κ2) is 5.03. The summed E-state index contributed by atoms with van der Waals surface area (Å²) in [6.45, 7) is 3.30. The molecule has 1 aliphatic heterocycles. The largest absolute Gasteiger partial charge is 0.454 e. The van der Waals surface area contributed by atoms with Gasteiger partial charge in [0.25, 0.3) is 0 Å². The third-order valence-corrected chi connectivity index (χ3v) is 2.84. The van der Waals surface area contributed by atoms with E-state index in [2.05, 4.69) is 21.2 Å². The molecule has 2 N–H and O–H groups in total. The molecule has 16 heavy (non-hydrogen) atoms. The summed E-state index contributed by atoms with van der Waals surface area (Å²) in [6.07, 6.45) is -0.336. The summed E-state index contributed by atoms with van der Waals surface area (Å²) < 4.78 is 11.5. The van der Waals surface area contributed by atoms with Crippen molar-refractivity contribution in [2.45, 2.75) is 19.6 Å². The standard InChI is InChI=1S/C11H14BrNO3/c1-7(14)4-13-5-8-2-9(12)11-10(3-8)15-6-16-11/h2-3,7,13-14H,4-6H2,1H3. The lowest BCUT2D eigenvalue weighted by Gasteiger charge is -2.08. The summed E-state index contributed by atoms with van der Waals surface area (Å²) in [5.74, 6) is 1.53. The predicted octanol–water partition coefficient (Wildman–Crippen LogP) is 1.65. The van der Waals surface area contributed by atoms with E-state index in [1.165, 1.54) is 0 Å². The zero-order valence-electron chi connectivity index (χ0n) is 9.00. The topological polar surface area (TPSA) is 50.7 Å².